The van der Waals surface area contributed by atoms with Crippen molar-refractivity contribution in [3.05, 3.63) is 225 Å². The van der Waals surface area contributed by atoms with Crippen LogP contribution in [0.1, 0.15) is 55.6 Å². The molecule has 0 amide bonds. The number of hydrogen-bond acceptors (Lipinski definition) is 4. The molecule has 0 saturated heterocycles. The van der Waals surface area contributed by atoms with Gasteiger partial charge < -0.3 is 9.80 Å². The maximum absolute atomic E-state index is 10.4. The topological polar surface area (TPSA) is 54.1 Å². The fourth-order valence-corrected chi connectivity index (χ4v) is 7.48. The lowest BCUT2D eigenvalue weighted by molar-refractivity contribution is 1.27. The highest BCUT2D eigenvalue weighted by atomic mass is 15.1. The van der Waals surface area contributed by atoms with Crippen molar-refractivity contribution in [1.29, 1.82) is 10.5 Å². The molecule has 0 aliphatic heterocycles. The number of nitriles is 2. The van der Waals surface area contributed by atoms with E-state index in [4.69, 9.17) is 0 Å². The van der Waals surface area contributed by atoms with E-state index >= 15 is 0 Å². The fourth-order valence-electron chi connectivity index (χ4n) is 7.48. The summed E-state index contributed by atoms with van der Waals surface area (Å²) in [5.41, 5.74) is 16.0. The minimum Gasteiger partial charge on any atom is -0.311 e. The van der Waals surface area contributed by atoms with Gasteiger partial charge in [0.2, 0.25) is 0 Å². The zero-order valence-corrected chi connectivity index (χ0v) is 34.3. The Bertz CT molecular complexity index is 2630. The largest absolute Gasteiger partial charge is 0.311 e. The standard InChI is InChI=1S/C56H44N4/c1-39-5-23-47(24-6-39)59(48-25-7-40(2)8-26-48)51-31-15-43(16-32-51)13-19-45-21-35-54-53(55(45)37-57)36-22-46(56(54)38-58)20-14-44-17-33-52(34-18-44)60(49-27-9-41(3)10-28-49)50-29-11-42(4)12-30-50/h5-36H,1-4H3. The van der Waals surface area contributed by atoms with E-state index in [9.17, 15) is 10.5 Å². The van der Waals surface area contributed by atoms with Gasteiger partial charge in [0.25, 0.3) is 0 Å². The van der Waals surface area contributed by atoms with E-state index in [0.717, 1.165) is 67.2 Å². The van der Waals surface area contributed by atoms with E-state index in [1.54, 1.807) is 0 Å². The average molecular weight is 773 g/mol. The number of hydrogen-bond donors (Lipinski definition) is 0. The van der Waals surface area contributed by atoms with Crippen LogP contribution >= 0.6 is 0 Å². The summed E-state index contributed by atoms with van der Waals surface area (Å²) in [5.74, 6) is 0. The summed E-state index contributed by atoms with van der Waals surface area (Å²) < 4.78 is 0. The van der Waals surface area contributed by atoms with E-state index in [1.807, 2.05) is 48.6 Å². The molecule has 0 fully saturated rings. The van der Waals surface area contributed by atoms with Gasteiger partial charge in [-0.2, -0.15) is 10.5 Å². The first-order chi connectivity index (χ1) is 29.3. The predicted octanol–water partition coefficient (Wildman–Crippen LogP) is 15.1. The lowest BCUT2D eigenvalue weighted by Gasteiger charge is -2.26. The molecule has 8 rings (SSSR count). The second-order valence-electron chi connectivity index (χ2n) is 15.2. The molecule has 0 radical (unpaired) electrons. The van der Waals surface area contributed by atoms with Crippen LogP contribution in [0, 0.1) is 50.4 Å². The molecular weight excluding hydrogens is 729 g/mol. The van der Waals surface area contributed by atoms with E-state index in [2.05, 4.69) is 195 Å². The molecule has 0 N–H and O–H groups in total. The van der Waals surface area contributed by atoms with Gasteiger partial charge >= 0.3 is 0 Å². The molecule has 4 nitrogen and oxygen atoms in total. The minimum atomic E-state index is 0.541. The van der Waals surface area contributed by atoms with Gasteiger partial charge in [-0.3, -0.25) is 0 Å². The van der Waals surface area contributed by atoms with Crippen LogP contribution in [0.25, 0.3) is 35.1 Å². The summed E-state index contributed by atoms with van der Waals surface area (Å²) in [6, 6.07) is 63.8. The Morgan fingerprint density at radius 1 is 0.317 bits per heavy atom. The molecule has 0 bridgehead atoms. The zero-order chi connectivity index (χ0) is 41.6. The lowest BCUT2D eigenvalue weighted by Crippen LogP contribution is -2.09. The third-order valence-corrected chi connectivity index (χ3v) is 10.9. The summed E-state index contributed by atoms with van der Waals surface area (Å²) in [6.07, 6.45) is 8.02. The third-order valence-electron chi connectivity index (χ3n) is 10.9. The molecule has 0 spiro atoms. The molecular formula is C56H44N4. The van der Waals surface area contributed by atoms with Gasteiger partial charge in [-0.05, 0) is 123 Å². The number of nitrogens with zero attached hydrogens (tertiary/aromatic N) is 4. The number of fused-ring (bicyclic) bond motifs is 1. The summed E-state index contributed by atoms with van der Waals surface area (Å²) in [6.45, 7) is 8.39. The zero-order valence-electron chi connectivity index (χ0n) is 34.3. The van der Waals surface area contributed by atoms with Crippen LogP contribution in [0.15, 0.2) is 170 Å². The Kier molecular flexibility index (Phi) is 11.2. The number of aryl methyl sites for hydroxylation is 4. The van der Waals surface area contributed by atoms with Crippen LogP contribution in [0.4, 0.5) is 34.1 Å². The maximum Gasteiger partial charge on any atom is 0.100 e. The van der Waals surface area contributed by atoms with Crippen LogP contribution in [0.5, 0.6) is 0 Å². The molecule has 8 aromatic rings. The van der Waals surface area contributed by atoms with Crippen molar-refractivity contribution in [1.82, 2.24) is 0 Å². The maximum atomic E-state index is 10.4. The van der Waals surface area contributed by atoms with Crippen molar-refractivity contribution < 1.29 is 0 Å². The first-order valence-electron chi connectivity index (χ1n) is 20.1. The van der Waals surface area contributed by atoms with Gasteiger partial charge in [0, 0.05) is 44.9 Å². The quantitative estimate of drug-likeness (QED) is 0.130. The first kappa shape index (κ1) is 38.9. The summed E-state index contributed by atoms with van der Waals surface area (Å²) >= 11 is 0. The van der Waals surface area contributed by atoms with Crippen molar-refractivity contribution in [3.63, 3.8) is 0 Å². The summed E-state index contributed by atoms with van der Waals surface area (Å²) in [4.78, 5) is 4.51. The van der Waals surface area contributed by atoms with Gasteiger partial charge in [-0.25, -0.2) is 0 Å². The molecule has 60 heavy (non-hydrogen) atoms. The molecule has 0 unspecified atom stereocenters. The smallest absolute Gasteiger partial charge is 0.100 e. The monoisotopic (exact) mass is 772 g/mol. The molecule has 0 saturated carbocycles. The van der Waals surface area contributed by atoms with Crippen molar-refractivity contribution in [2.45, 2.75) is 27.7 Å². The van der Waals surface area contributed by atoms with Crippen LogP contribution in [-0.2, 0) is 0 Å². The number of rotatable bonds is 10. The Morgan fingerprint density at radius 3 is 0.817 bits per heavy atom. The highest BCUT2D eigenvalue weighted by Crippen LogP contribution is 2.37. The molecule has 0 aliphatic rings. The summed E-state index contributed by atoms with van der Waals surface area (Å²) in [5, 5.41) is 22.3. The highest BCUT2D eigenvalue weighted by molar-refractivity contribution is 5.98. The third kappa shape index (κ3) is 8.37. The van der Waals surface area contributed by atoms with Crippen LogP contribution in [0.2, 0.25) is 0 Å². The Balaban J connectivity index is 1.03. The molecule has 0 atom stereocenters. The van der Waals surface area contributed by atoms with Crippen LogP contribution in [0.3, 0.4) is 0 Å². The van der Waals surface area contributed by atoms with Crippen LogP contribution < -0.4 is 9.80 Å². The minimum absolute atomic E-state index is 0.541. The Labute approximate surface area is 353 Å². The van der Waals surface area contributed by atoms with Crippen molar-refractivity contribution >= 4 is 69.2 Å². The SMILES string of the molecule is Cc1ccc(N(c2ccc(C)cc2)c2ccc(C=Cc3ccc4c(C#N)c(C=Cc5ccc(N(c6ccc(C)cc6)c6ccc(C)cc6)cc5)ccc4c3C#N)cc2)cc1. The van der Waals surface area contributed by atoms with Gasteiger partial charge in [-0.15, -0.1) is 0 Å². The van der Waals surface area contributed by atoms with E-state index in [0.29, 0.717) is 11.1 Å². The molecule has 0 aliphatic carbocycles. The van der Waals surface area contributed by atoms with Crippen LogP contribution in [-0.4, -0.2) is 0 Å². The first-order valence-corrected chi connectivity index (χ1v) is 20.1. The van der Waals surface area contributed by atoms with Gasteiger partial charge in [0.05, 0.1) is 11.1 Å². The number of benzene rings is 8. The average Bonchev–Trinajstić information content (AvgIpc) is 3.28. The second kappa shape index (κ2) is 17.3. The van der Waals surface area contributed by atoms with Gasteiger partial charge in [0.1, 0.15) is 12.1 Å². The van der Waals surface area contributed by atoms with Gasteiger partial charge in [-0.1, -0.05) is 144 Å². The van der Waals surface area contributed by atoms with E-state index < -0.39 is 0 Å². The lowest BCUT2D eigenvalue weighted by atomic mass is 9.93. The summed E-state index contributed by atoms with van der Waals surface area (Å²) in [7, 11) is 0. The van der Waals surface area contributed by atoms with Crippen molar-refractivity contribution in [3.8, 4) is 12.1 Å². The molecule has 8 aromatic carbocycles. The fraction of sp³-hybridized carbons (Fsp3) is 0.0714. The Morgan fingerprint density at radius 2 is 0.567 bits per heavy atom. The molecule has 288 valence electrons. The van der Waals surface area contributed by atoms with Crippen molar-refractivity contribution in [2.24, 2.45) is 0 Å². The molecule has 0 heterocycles. The highest BCUT2D eigenvalue weighted by Gasteiger charge is 2.15. The molecule has 0 aromatic heterocycles. The molecule has 4 heteroatoms. The Hall–Kier alpha value is -7.92. The van der Waals surface area contributed by atoms with Crippen molar-refractivity contribution in [2.75, 3.05) is 9.80 Å². The van der Waals surface area contributed by atoms with E-state index in [-0.39, 0.29) is 0 Å². The second-order valence-corrected chi connectivity index (χ2v) is 15.2. The predicted molar refractivity (Wildman–Crippen MR) is 252 cm³/mol. The van der Waals surface area contributed by atoms with E-state index in [1.165, 1.54) is 22.3 Å². The van der Waals surface area contributed by atoms with Gasteiger partial charge in [0.15, 0.2) is 0 Å². The normalized spacial score (nSPS) is 11.2. The number of anilines is 6.